The average Bonchev–Trinajstić information content (AvgIpc) is 2.23. The fourth-order valence-electron chi connectivity index (χ4n) is 0.994. The first kappa shape index (κ1) is 13.8. The first-order chi connectivity index (χ1) is 6.93. The average molecular weight is 231 g/mol. The number of nitrogens with two attached hydrogens (primary N) is 1. The standard InChI is InChI=1S/C9H17N3O2S/c1-4-12(5-7(13)11-3)9(14)6(2)8(10)15/h6H,4-5H2,1-3H3,(H2,10,15)(H,11,13). The molecule has 0 rings (SSSR count). The molecule has 0 aromatic heterocycles. The zero-order valence-electron chi connectivity index (χ0n) is 9.24. The van der Waals surface area contributed by atoms with Crippen LogP contribution in [0.2, 0.25) is 0 Å². The predicted molar refractivity (Wildman–Crippen MR) is 62.3 cm³/mol. The number of hydrogen-bond acceptors (Lipinski definition) is 3. The summed E-state index contributed by atoms with van der Waals surface area (Å²) in [4.78, 5) is 24.4. The predicted octanol–water partition coefficient (Wildman–Crippen LogP) is -0.497. The second-order valence-electron chi connectivity index (χ2n) is 3.15. The van der Waals surface area contributed by atoms with Crippen molar-refractivity contribution in [3.8, 4) is 0 Å². The van der Waals surface area contributed by atoms with Crippen LogP contribution in [0.25, 0.3) is 0 Å². The highest BCUT2D eigenvalue weighted by molar-refractivity contribution is 7.80. The number of carbonyl (C=O) groups is 2. The van der Waals surface area contributed by atoms with Crippen LogP contribution in [0.15, 0.2) is 0 Å². The Hall–Kier alpha value is -1.17. The van der Waals surface area contributed by atoms with E-state index in [1.165, 1.54) is 11.9 Å². The van der Waals surface area contributed by atoms with Gasteiger partial charge in [0.05, 0.1) is 17.5 Å². The van der Waals surface area contributed by atoms with Crippen molar-refractivity contribution in [1.82, 2.24) is 10.2 Å². The minimum absolute atomic E-state index is 0.0405. The molecule has 0 heterocycles. The van der Waals surface area contributed by atoms with Gasteiger partial charge < -0.3 is 16.0 Å². The van der Waals surface area contributed by atoms with Gasteiger partial charge in [0.25, 0.3) is 0 Å². The van der Waals surface area contributed by atoms with Crippen LogP contribution in [0.1, 0.15) is 13.8 Å². The number of nitrogens with zero attached hydrogens (tertiary/aromatic N) is 1. The number of likely N-dealkylation sites (N-methyl/N-ethyl adjacent to an activating group) is 2. The second kappa shape index (κ2) is 6.34. The third kappa shape index (κ3) is 4.24. The van der Waals surface area contributed by atoms with Gasteiger partial charge in [0.1, 0.15) is 0 Å². The van der Waals surface area contributed by atoms with E-state index in [9.17, 15) is 9.59 Å². The van der Waals surface area contributed by atoms with Crippen LogP contribution in [-0.4, -0.2) is 41.8 Å². The molecule has 1 unspecified atom stereocenters. The van der Waals surface area contributed by atoms with Gasteiger partial charge in [-0.1, -0.05) is 12.2 Å². The molecule has 3 N–H and O–H groups in total. The Balaban J connectivity index is 4.47. The summed E-state index contributed by atoms with van der Waals surface area (Å²) in [6, 6.07) is 0. The van der Waals surface area contributed by atoms with E-state index < -0.39 is 5.92 Å². The lowest BCUT2D eigenvalue weighted by atomic mass is 10.1. The van der Waals surface area contributed by atoms with Crippen LogP contribution in [0.5, 0.6) is 0 Å². The summed E-state index contributed by atoms with van der Waals surface area (Å²) in [6.07, 6.45) is 0. The fourth-order valence-corrected chi connectivity index (χ4v) is 1.09. The summed E-state index contributed by atoms with van der Waals surface area (Å²) in [7, 11) is 1.53. The van der Waals surface area contributed by atoms with Crippen LogP contribution in [0.3, 0.4) is 0 Å². The van der Waals surface area contributed by atoms with Gasteiger partial charge in [-0.2, -0.15) is 0 Å². The lowest BCUT2D eigenvalue weighted by Gasteiger charge is -2.22. The first-order valence-corrected chi connectivity index (χ1v) is 5.13. The van der Waals surface area contributed by atoms with Gasteiger partial charge in [0.2, 0.25) is 11.8 Å². The number of nitrogens with one attached hydrogen (secondary N) is 1. The molecular weight excluding hydrogens is 214 g/mol. The Bertz CT molecular complexity index is 268. The van der Waals surface area contributed by atoms with Gasteiger partial charge >= 0.3 is 0 Å². The number of thiocarbonyl (C=S) groups is 1. The van der Waals surface area contributed by atoms with E-state index in [-0.39, 0.29) is 23.3 Å². The van der Waals surface area contributed by atoms with Gasteiger partial charge in [0, 0.05) is 13.6 Å². The van der Waals surface area contributed by atoms with E-state index >= 15 is 0 Å². The molecule has 0 aliphatic heterocycles. The highest BCUT2D eigenvalue weighted by Gasteiger charge is 2.22. The largest absolute Gasteiger partial charge is 0.393 e. The van der Waals surface area contributed by atoms with Crippen molar-refractivity contribution in [2.24, 2.45) is 11.7 Å². The zero-order valence-corrected chi connectivity index (χ0v) is 10.1. The molecule has 0 saturated heterocycles. The van der Waals surface area contributed by atoms with Crippen molar-refractivity contribution in [3.63, 3.8) is 0 Å². The van der Waals surface area contributed by atoms with E-state index in [0.29, 0.717) is 6.54 Å². The summed E-state index contributed by atoms with van der Waals surface area (Å²) >= 11 is 4.73. The van der Waals surface area contributed by atoms with Crippen molar-refractivity contribution in [3.05, 3.63) is 0 Å². The maximum absolute atomic E-state index is 11.7. The molecule has 15 heavy (non-hydrogen) atoms. The summed E-state index contributed by atoms with van der Waals surface area (Å²) < 4.78 is 0. The number of amides is 2. The van der Waals surface area contributed by atoms with Gasteiger partial charge in [-0.15, -0.1) is 0 Å². The quantitative estimate of drug-likeness (QED) is 0.626. The number of hydrogen-bond donors (Lipinski definition) is 2. The van der Waals surface area contributed by atoms with Crippen molar-refractivity contribution in [2.45, 2.75) is 13.8 Å². The SMILES string of the molecule is CCN(CC(=O)NC)C(=O)C(C)C(N)=S. The first-order valence-electron chi connectivity index (χ1n) is 4.72. The van der Waals surface area contributed by atoms with E-state index in [0.717, 1.165) is 0 Å². The van der Waals surface area contributed by atoms with Gasteiger partial charge in [0.15, 0.2) is 0 Å². The monoisotopic (exact) mass is 231 g/mol. The Morgan fingerprint density at radius 1 is 1.53 bits per heavy atom. The van der Waals surface area contributed by atoms with E-state index in [4.69, 9.17) is 18.0 Å². The van der Waals surface area contributed by atoms with Gasteiger partial charge in [-0.25, -0.2) is 0 Å². The van der Waals surface area contributed by atoms with Crippen LogP contribution in [0.4, 0.5) is 0 Å². The fraction of sp³-hybridized carbons (Fsp3) is 0.667. The number of carbonyl (C=O) groups excluding carboxylic acids is 2. The normalized spacial score (nSPS) is 11.7. The molecule has 6 heteroatoms. The summed E-state index contributed by atoms with van der Waals surface area (Å²) in [5.74, 6) is -0.946. The highest BCUT2D eigenvalue weighted by Crippen LogP contribution is 2.02. The molecular formula is C9H17N3O2S. The van der Waals surface area contributed by atoms with Gasteiger partial charge in [-0.05, 0) is 13.8 Å². The molecule has 0 fully saturated rings. The molecule has 0 aliphatic rings. The molecule has 0 radical (unpaired) electrons. The van der Waals surface area contributed by atoms with Crippen LogP contribution >= 0.6 is 12.2 Å². The van der Waals surface area contributed by atoms with Crippen molar-refractivity contribution >= 4 is 29.0 Å². The molecule has 2 amide bonds. The Morgan fingerprint density at radius 3 is 2.40 bits per heavy atom. The number of rotatable bonds is 5. The lowest BCUT2D eigenvalue weighted by molar-refractivity contribution is -0.137. The van der Waals surface area contributed by atoms with Crippen molar-refractivity contribution in [1.29, 1.82) is 0 Å². The Morgan fingerprint density at radius 2 is 2.07 bits per heavy atom. The minimum Gasteiger partial charge on any atom is -0.393 e. The topological polar surface area (TPSA) is 75.4 Å². The van der Waals surface area contributed by atoms with E-state index in [2.05, 4.69) is 5.32 Å². The van der Waals surface area contributed by atoms with Gasteiger partial charge in [-0.3, -0.25) is 9.59 Å². The Labute approximate surface area is 95.0 Å². The molecule has 86 valence electrons. The maximum atomic E-state index is 11.7. The highest BCUT2D eigenvalue weighted by atomic mass is 32.1. The third-order valence-electron chi connectivity index (χ3n) is 2.10. The van der Waals surface area contributed by atoms with Crippen molar-refractivity contribution < 1.29 is 9.59 Å². The third-order valence-corrected chi connectivity index (χ3v) is 2.46. The molecule has 0 aromatic rings. The van der Waals surface area contributed by atoms with E-state index in [1.807, 2.05) is 0 Å². The van der Waals surface area contributed by atoms with Crippen LogP contribution in [-0.2, 0) is 9.59 Å². The minimum atomic E-state index is -0.524. The van der Waals surface area contributed by atoms with Crippen molar-refractivity contribution in [2.75, 3.05) is 20.1 Å². The molecule has 0 aliphatic carbocycles. The molecule has 0 spiro atoms. The smallest absolute Gasteiger partial charge is 0.239 e. The second-order valence-corrected chi connectivity index (χ2v) is 3.62. The molecule has 0 bridgehead atoms. The summed E-state index contributed by atoms with van der Waals surface area (Å²) in [6.45, 7) is 3.93. The Kier molecular flexibility index (Phi) is 5.84. The summed E-state index contributed by atoms with van der Waals surface area (Å²) in [5, 5.41) is 2.46. The van der Waals surface area contributed by atoms with Crippen LogP contribution in [0, 0.1) is 5.92 Å². The summed E-state index contributed by atoms with van der Waals surface area (Å²) in [5.41, 5.74) is 5.38. The van der Waals surface area contributed by atoms with E-state index in [1.54, 1.807) is 13.8 Å². The molecule has 0 aromatic carbocycles. The lowest BCUT2D eigenvalue weighted by Crippen LogP contribution is -2.44. The van der Waals surface area contributed by atoms with Crippen LogP contribution < -0.4 is 11.1 Å². The molecule has 5 nitrogen and oxygen atoms in total. The molecule has 1 atom stereocenters. The molecule has 0 saturated carbocycles. The maximum Gasteiger partial charge on any atom is 0.239 e. The zero-order chi connectivity index (χ0) is 12.0.